The van der Waals surface area contributed by atoms with Gasteiger partial charge in [0.05, 0.1) is 12.5 Å². The van der Waals surface area contributed by atoms with E-state index in [2.05, 4.69) is 15.2 Å². The number of anilines is 1. The first-order chi connectivity index (χ1) is 11.2. The number of amides is 1. The smallest absolute Gasteiger partial charge is 0.225 e. The van der Waals surface area contributed by atoms with Crippen LogP contribution in [0.15, 0.2) is 35.8 Å². The third kappa shape index (κ3) is 4.30. The van der Waals surface area contributed by atoms with Crippen molar-refractivity contribution in [2.75, 3.05) is 18.0 Å². The van der Waals surface area contributed by atoms with Crippen LogP contribution in [0, 0.1) is 0 Å². The molecule has 1 atom stereocenters. The topological polar surface area (TPSA) is 65.5 Å². The molecule has 122 valence electrons. The molecule has 2 aromatic rings. The Morgan fingerprint density at radius 1 is 1.43 bits per heavy atom. The van der Waals surface area contributed by atoms with E-state index in [0.29, 0.717) is 19.5 Å². The highest BCUT2D eigenvalue weighted by molar-refractivity contribution is 7.10. The SMILES string of the molecule is O=C(Cc1cccs1)NCc1cccnc1N1CCCC(O)C1. The molecule has 0 spiro atoms. The van der Waals surface area contributed by atoms with Gasteiger partial charge in [0.1, 0.15) is 5.82 Å². The summed E-state index contributed by atoms with van der Waals surface area (Å²) in [5.41, 5.74) is 0.987. The van der Waals surface area contributed by atoms with Crippen molar-refractivity contribution >= 4 is 23.1 Å². The second kappa shape index (κ2) is 7.57. The van der Waals surface area contributed by atoms with Crippen molar-refractivity contribution in [1.29, 1.82) is 0 Å². The van der Waals surface area contributed by atoms with Gasteiger partial charge < -0.3 is 15.3 Å². The molecule has 3 heterocycles. The van der Waals surface area contributed by atoms with Gasteiger partial charge in [0.25, 0.3) is 0 Å². The maximum Gasteiger partial charge on any atom is 0.225 e. The van der Waals surface area contributed by atoms with Crippen molar-refractivity contribution in [3.05, 3.63) is 46.3 Å². The van der Waals surface area contributed by atoms with Gasteiger partial charge in [0, 0.05) is 36.3 Å². The van der Waals surface area contributed by atoms with Crippen LogP contribution in [0.3, 0.4) is 0 Å². The number of hydrogen-bond donors (Lipinski definition) is 2. The monoisotopic (exact) mass is 331 g/mol. The predicted molar refractivity (Wildman–Crippen MR) is 91.6 cm³/mol. The van der Waals surface area contributed by atoms with E-state index in [1.807, 2.05) is 29.6 Å². The van der Waals surface area contributed by atoms with Crippen molar-refractivity contribution in [3.63, 3.8) is 0 Å². The molecule has 0 bridgehead atoms. The number of aliphatic hydroxyl groups excluding tert-OH is 1. The number of nitrogens with one attached hydrogen (secondary N) is 1. The number of carbonyl (C=O) groups excluding carboxylic acids is 1. The fraction of sp³-hybridized carbons (Fsp3) is 0.412. The lowest BCUT2D eigenvalue weighted by atomic mass is 10.1. The molecule has 1 fully saturated rings. The summed E-state index contributed by atoms with van der Waals surface area (Å²) in [4.78, 5) is 19.7. The van der Waals surface area contributed by atoms with Gasteiger partial charge in [-0.25, -0.2) is 4.98 Å². The molecular weight excluding hydrogens is 310 g/mol. The number of rotatable bonds is 5. The molecule has 3 rings (SSSR count). The van der Waals surface area contributed by atoms with E-state index in [1.165, 1.54) is 0 Å². The molecule has 0 aliphatic carbocycles. The molecule has 1 amide bonds. The average molecular weight is 331 g/mol. The Labute approximate surface area is 140 Å². The molecule has 6 heteroatoms. The Bertz CT molecular complexity index is 645. The molecule has 1 unspecified atom stereocenters. The summed E-state index contributed by atoms with van der Waals surface area (Å²) in [7, 11) is 0. The molecule has 0 aromatic carbocycles. The van der Waals surface area contributed by atoms with Crippen molar-refractivity contribution < 1.29 is 9.90 Å². The molecule has 1 aliphatic rings. The van der Waals surface area contributed by atoms with Crippen molar-refractivity contribution in [3.8, 4) is 0 Å². The molecule has 0 saturated carbocycles. The molecule has 5 nitrogen and oxygen atoms in total. The zero-order chi connectivity index (χ0) is 16.1. The summed E-state index contributed by atoms with van der Waals surface area (Å²) in [5.74, 6) is 0.878. The standard InChI is InChI=1S/C17H21N3O2S/c21-14-5-2-8-20(12-14)17-13(4-1-7-18-17)11-19-16(22)10-15-6-3-9-23-15/h1,3-4,6-7,9,14,21H,2,5,8,10-12H2,(H,19,22). The van der Waals surface area contributed by atoms with E-state index >= 15 is 0 Å². The second-order valence-corrected chi connectivity index (χ2v) is 6.79. The Hall–Kier alpha value is -1.92. The van der Waals surface area contributed by atoms with Gasteiger partial charge in [0.2, 0.25) is 5.91 Å². The number of hydrogen-bond acceptors (Lipinski definition) is 5. The van der Waals surface area contributed by atoms with Gasteiger partial charge in [-0.3, -0.25) is 4.79 Å². The normalized spacial score (nSPS) is 18.0. The zero-order valence-electron chi connectivity index (χ0n) is 12.9. The van der Waals surface area contributed by atoms with Crippen molar-refractivity contribution in [1.82, 2.24) is 10.3 Å². The highest BCUT2D eigenvalue weighted by Crippen LogP contribution is 2.21. The minimum atomic E-state index is -0.299. The molecule has 1 saturated heterocycles. The van der Waals surface area contributed by atoms with Crippen molar-refractivity contribution in [2.24, 2.45) is 0 Å². The molecule has 23 heavy (non-hydrogen) atoms. The van der Waals surface area contributed by atoms with Crippen LogP contribution in [0.5, 0.6) is 0 Å². The van der Waals surface area contributed by atoms with Crippen LogP contribution in [-0.2, 0) is 17.8 Å². The van der Waals surface area contributed by atoms with Gasteiger partial charge in [-0.15, -0.1) is 11.3 Å². The van der Waals surface area contributed by atoms with Gasteiger partial charge in [-0.05, 0) is 30.4 Å². The van der Waals surface area contributed by atoms with E-state index in [1.54, 1.807) is 17.5 Å². The Morgan fingerprint density at radius 3 is 3.13 bits per heavy atom. The van der Waals surface area contributed by atoms with Gasteiger partial charge in [-0.1, -0.05) is 12.1 Å². The number of aliphatic hydroxyl groups is 1. The number of thiophene rings is 1. The average Bonchev–Trinajstić information content (AvgIpc) is 3.06. The Kier molecular flexibility index (Phi) is 5.25. The molecule has 0 radical (unpaired) electrons. The van der Waals surface area contributed by atoms with Crippen LogP contribution in [0.2, 0.25) is 0 Å². The number of β-amino-alcohol motifs (C(OH)–C–C–N with tert-alkyl or cyclic N) is 1. The van der Waals surface area contributed by atoms with E-state index in [9.17, 15) is 9.90 Å². The summed E-state index contributed by atoms with van der Waals surface area (Å²) in [5, 5.41) is 14.8. The fourth-order valence-electron chi connectivity index (χ4n) is 2.83. The first-order valence-electron chi connectivity index (χ1n) is 7.88. The van der Waals surface area contributed by atoms with Crippen LogP contribution in [0.4, 0.5) is 5.82 Å². The highest BCUT2D eigenvalue weighted by atomic mass is 32.1. The van der Waals surface area contributed by atoms with E-state index in [4.69, 9.17) is 0 Å². The third-order valence-electron chi connectivity index (χ3n) is 3.95. The number of nitrogens with zero attached hydrogens (tertiary/aromatic N) is 2. The number of piperidine rings is 1. The Balaban J connectivity index is 1.62. The first-order valence-corrected chi connectivity index (χ1v) is 8.76. The summed E-state index contributed by atoms with van der Waals surface area (Å²) < 4.78 is 0. The third-order valence-corrected chi connectivity index (χ3v) is 4.83. The van der Waals surface area contributed by atoms with E-state index in [-0.39, 0.29) is 12.0 Å². The molecule has 2 N–H and O–H groups in total. The van der Waals surface area contributed by atoms with Crippen molar-refractivity contribution in [2.45, 2.75) is 31.9 Å². The Morgan fingerprint density at radius 2 is 2.35 bits per heavy atom. The predicted octanol–water partition coefficient (Wildman–Crippen LogP) is 1.96. The van der Waals surface area contributed by atoms with Crippen LogP contribution in [0.25, 0.3) is 0 Å². The fourth-order valence-corrected chi connectivity index (χ4v) is 3.53. The lowest BCUT2D eigenvalue weighted by Gasteiger charge is -2.32. The summed E-state index contributed by atoms with van der Waals surface area (Å²) in [6, 6.07) is 7.78. The van der Waals surface area contributed by atoms with Gasteiger partial charge >= 0.3 is 0 Å². The lowest BCUT2D eigenvalue weighted by Crippen LogP contribution is -2.39. The van der Waals surface area contributed by atoms with E-state index in [0.717, 1.165) is 35.6 Å². The quantitative estimate of drug-likeness (QED) is 0.879. The summed E-state index contributed by atoms with van der Waals surface area (Å²) >= 11 is 1.59. The first kappa shape index (κ1) is 16.0. The number of carbonyl (C=O) groups is 1. The molecule has 2 aromatic heterocycles. The largest absolute Gasteiger partial charge is 0.391 e. The molecular formula is C17H21N3O2S. The number of pyridine rings is 1. The minimum absolute atomic E-state index is 0.0148. The lowest BCUT2D eigenvalue weighted by molar-refractivity contribution is -0.120. The maximum atomic E-state index is 12.0. The van der Waals surface area contributed by atoms with Crippen LogP contribution in [-0.4, -0.2) is 35.2 Å². The highest BCUT2D eigenvalue weighted by Gasteiger charge is 2.21. The second-order valence-electron chi connectivity index (χ2n) is 5.76. The van der Waals surface area contributed by atoms with Gasteiger partial charge in [-0.2, -0.15) is 0 Å². The van der Waals surface area contributed by atoms with Crippen LogP contribution in [0.1, 0.15) is 23.3 Å². The summed E-state index contributed by atoms with van der Waals surface area (Å²) in [6.07, 6.45) is 3.67. The molecule has 1 aliphatic heterocycles. The van der Waals surface area contributed by atoms with E-state index < -0.39 is 0 Å². The van der Waals surface area contributed by atoms with Crippen LogP contribution < -0.4 is 10.2 Å². The maximum absolute atomic E-state index is 12.0. The zero-order valence-corrected chi connectivity index (χ0v) is 13.8. The van der Waals surface area contributed by atoms with Gasteiger partial charge in [0.15, 0.2) is 0 Å². The van der Waals surface area contributed by atoms with Crippen LogP contribution >= 0.6 is 11.3 Å². The summed E-state index contributed by atoms with van der Waals surface area (Å²) in [6.45, 7) is 1.96. The minimum Gasteiger partial charge on any atom is -0.391 e. The number of aromatic nitrogens is 1.